The third-order valence-electron chi connectivity index (χ3n) is 3.33. The van der Waals surface area contributed by atoms with Gasteiger partial charge in [0, 0.05) is 29.8 Å². The van der Waals surface area contributed by atoms with Gasteiger partial charge in [-0.1, -0.05) is 0 Å². The zero-order chi connectivity index (χ0) is 9.71. The predicted octanol–water partition coefficient (Wildman–Crippen LogP) is 1.91. The predicted molar refractivity (Wildman–Crippen MR) is 52.0 cm³/mol. The fourth-order valence-corrected chi connectivity index (χ4v) is 2.23. The maximum atomic E-state index is 11.2. The van der Waals surface area contributed by atoms with Crippen molar-refractivity contribution in [2.24, 2.45) is 5.92 Å². The van der Waals surface area contributed by atoms with E-state index in [2.05, 4.69) is 9.55 Å². The van der Waals surface area contributed by atoms with Gasteiger partial charge in [0.1, 0.15) is 5.78 Å². The first-order valence-corrected chi connectivity index (χ1v) is 5.29. The highest BCUT2D eigenvalue weighted by Gasteiger charge is 2.44. The lowest BCUT2D eigenvalue weighted by molar-refractivity contribution is -0.118. The Hall–Kier alpha value is -1.12. The standard InChI is InChI=1S/C11H14N2O/c1-7(14)9-4-10(9)11-5-12-6-13(11)8-2-3-8/h5-6,8-10H,2-4H2,1H3. The second kappa shape index (κ2) is 2.69. The van der Waals surface area contributed by atoms with Crippen LogP contribution in [0.15, 0.2) is 12.5 Å². The molecule has 2 unspecified atom stereocenters. The van der Waals surface area contributed by atoms with Crippen molar-refractivity contribution in [1.29, 1.82) is 0 Å². The molecule has 14 heavy (non-hydrogen) atoms. The van der Waals surface area contributed by atoms with E-state index in [9.17, 15) is 4.79 Å². The molecular weight excluding hydrogens is 176 g/mol. The SMILES string of the molecule is CC(=O)C1CC1c1cncn1C1CC1. The minimum absolute atomic E-state index is 0.282. The van der Waals surface area contributed by atoms with Crippen molar-refractivity contribution in [3.8, 4) is 0 Å². The van der Waals surface area contributed by atoms with Gasteiger partial charge in [-0.3, -0.25) is 4.79 Å². The number of aromatic nitrogens is 2. The second-order valence-corrected chi connectivity index (χ2v) is 4.52. The second-order valence-electron chi connectivity index (χ2n) is 4.52. The molecular formula is C11H14N2O. The van der Waals surface area contributed by atoms with E-state index >= 15 is 0 Å². The quantitative estimate of drug-likeness (QED) is 0.729. The monoisotopic (exact) mass is 190 g/mol. The highest BCUT2D eigenvalue weighted by atomic mass is 16.1. The molecule has 1 heterocycles. The van der Waals surface area contributed by atoms with Crippen LogP contribution in [0.25, 0.3) is 0 Å². The fraction of sp³-hybridized carbons (Fsp3) is 0.636. The van der Waals surface area contributed by atoms with Crippen molar-refractivity contribution in [3.05, 3.63) is 18.2 Å². The summed E-state index contributed by atoms with van der Waals surface area (Å²) in [6.07, 6.45) is 7.45. The molecule has 0 aliphatic heterocycles. The van der Waals surface area contributed by atoms with Crippen LogP contribution >= 0.6 is 0 Å². The van der Waals surface area contributed by atoms with Gasteiger partial charge in [0.25, 0.3) is 0 Å². The molecule has 1 aromatic heterocycles. The molecule has 0 spiro atoms. The van der Waals surface area contributed by atoms with Crippen LogP contribution in [0.3, 0.4) is 0 Å². The van der Waals surface area contributed by atoms with Crippen molar-refractivity contribution in [1.82, 2.24) is 9.55 Å². The summed E-state index contributed by atoms with van der Waals surface area (Å²) in [5, 5.41) is 0. The molecule has 1 aromatic rings. The van der Waals surface area contributed by atoms with E-state index in [-0.39, 0.29) is 5.92 Å². The minimum atomic E-state index is 0.282. The van der Waals surface area contributed by atoms with Gasteiger partial charge < -0.3 is 4.57 Å². The summed E-state index contributed by atoms with van der Waals surface area (Å²) in [5.74, 6) is 1.08. The van der Waals surface area contributed by atoms with Crippen molar-refractivity contribution in [2.45, 2.75) is 38.1 Å². The van der Waals surface area contributed by atoms with E-state index in [1.165, 1.54) is 18.5 Å². The molecule has 3 rings (SSSR count). The number of Topliss-reactive ketones (excluding diaryl/α,β-unsaturated/α-hetero) is 1. The minimum Gasteiger partial charge on any atom is -0.331 e. The fourth-order valence-electron chi connectivity index (χ4n) is 2.23. The number of hydrogen-bond acceptors (Lipinski definition) is 2. The van der Waals surface area contributed by atoms with Crippen molar-refractivity contribution >= 4 is 5.78 Å². The Kier molecular flexibility index (Phi) is 1.58. The van der Waals surface area contributed by atoms with Gasteiger partial charge in [0.2, 0.25) is 0 Å². The lowest BCUT2D eigenvalue weighted by atomic mass is 10.2. The zero-order valence-electron chi connectivity index (χ0n) is 8.31. The number of imidazole rings is 1. The van der Waals surface area contributed by atoms with Crippen LogP contribution in [0.1, 0.15) is 43.8 Å². The summed E-state index contributed by atoms with van der Waals surface area (Å²) in [4.78, 5) is 15.4. The Morgan fingerprint density at radius 1 is 1.57 bits per heavy atom. The van der Waals surface area contributed by atoms with Gasteiger partial charge >= 0.3 is 0 Å². The van der Waals surface area contributed by atoms with E-state index < -0.39 is 0 Å². The molecule has 0 saturated heterocycles. The van der Waals surface area contributed by atoms with E-state index in [0.717, 1.165) is 6.42 Å². The van der Waals surface area contributed by atoms with E-state index in [4.69, 9.17) is 0 Å². The molecule has 0 radical (unpaired) electrons. The third-order valence-corrected chi connectivity index (χ3v) is 3.33. The molecule has 0 amide bonds. The first-order valence-electron chi connectivity index (χ1n) is 5.29. The highest BCUT2D eigenvalue weighted by Crippen LogP contribution is 2.50. The van der Waals surface area contributed by atoms with Gasteiger partial charge in [-0.15, -0.1) is 0 Å². The van der Waals surface area contributed by atoms with Gasteiger partial charge in [-0.25, -0.2) is 4.98 Å². The molecule has 2 atom stereocenters. The van der Waals surface area contributed by atoms with E-state index in [1.807, 2.05) is 12.5 Å². The summed E-state index contributed by atoms with van der Waals surface area (Å²) in [7, 11) is 0. The van der Waals surface area contributed by atoms with Gasteiger partial charge in [-0.05, 0) is 26.2 Å². The Morgan fingerprint density at radius 2 is 2.36 bits per heavy atom. The topological polar surface area (TPSA) is 34.9 Å². The number of hydrogen-bond donors (Lipinski definition) is 0. The molecule has 0 bridgehead atoms. The Balaban J connectivity index is 1.83. The summed E-state index contributed by atoms with van der Waals surface area (Å²) in [6.45, 7) is 1.70. The summed E-state index contributed by atoms with van der Waals surface area (Å²) in [5.41, 5.74) is 1.28. The first kappa shape index (κ1) is 8.21. The van der Waals surface area contributed by atoms with Crippen LogP contribution in [0.2, 0.25) is 0 Å². The molecule has 3 heteroatoms. The Bertz CT molecular complexity index is 378. The molecule has 74 valence electrons. The van der Waals surface area contributed by atoms with Gasteiger partial charge in [0.05, 0.1) is 6.33 Å². The van der Waals surface area contributed by atoms with E-state index in [1.54, 1.807) is 6.92 Å². The van der Waals surface area contributed by atoms with Gasteiger partial charge in [0.15, 0.2) is 0 Å². The van der Waals surface area contributed by atoms with Crippen LogP contribution in [-0.2, 0) is 4.79 Å². The summed E-state index contributed by atoms with van der Waals surface area (Å²) < 4.78 is 2.27. The zero-order valence-corrected chi connectivity index (χ0v) is 8.31. The molecule has 2 aliphatic rings. The Morgan fingerprint density at radius 3 is 2.93 bits per heavy atom. The maximum absolute atomic E-state index is 11.2. The van der Waals surface area contributed by atoms with Crippen LogP contribution in [0.4, 0.5) is 0 Å². The molecule has 3 nitrogen and oxygen atoms in total. The molecule has 2 saturated carbocycles. The number of nitrogens with zero attached hydrogens (tertiary/aromatic N) is 2. The van der Waals surface area contributed by atoms with Crippen LogP contribution in [0.5, 0.6) is 0 Å². The molecule has 2 aliphatic carbocycles. The maximum Gasteiger partial charge on any atom is 0.133 e. The van der Waals surface area contributed by atoms with Crippen LogP contribution < -0.4 is 0 Å². The smallest absolute Gasteiger partial charge is 0.133 e. The van der Waals surface area contributed by atoms with Crippen molar-refractivity contribution in [2.75, 3.05) is 0 Å². The van der Waals surface area contributed by atoms with Crippen molar-refractivity contribution in [3.63, 3.8) is 0 Å². The first-order chi connectivity index (χ1) is 6.77. The summed E-state index contributed by atoms with van der Waals surface area (Å²) >= 11 is 0. The lowest BCUT2D eigenvalue weighted by Gasteiger charge is -2.04. The molecule has 0 N–H and O–H groups in total. The normalized spacial score (nSPS) is 30.4. The lowest BCUT2D eigenvalue weighted by Crippen LogP contribution is -2.01. The van der Waals surface area contributed by atoms with Crippen LogP contribution in [0, 0.1) is 5.92 Å². The number of rotatable bonds is 3. The van der Waals surface area contributed by atoms with Crippen LogP contribution in [-0.4, -0.2) is 15.3 Å². The largest absolute Gasteiger partial charge is 0.331 e. The number of ketones is 1. The van der Waals surface area contributed by atoms with E-state index in [0.29, 0.717) is 17.7 Å². The average Bonchev–Trinajstić information content (AvgIpc) is 3.05. The Labute approximate surface area is 83.1 Å². The molecule has 0 aromatic carbocycles. The highest BCUT2D eigenvalue weighted by molar-refractivity contribution is 5.82. The number of carbonyl (C=O) groups excluding carboxylic acids is 1. The average molecular weight is 190 g/mol. The summed E-state index contributed by atoms with van der Waals surface area (Å²) in [6, 6.07) is 0.681. The van der Waals surface area contributed by atoms with Gasteiger partial charge in [-0.2, -0.15) is 0 Å². The molecule has 2 fully saturated rings. The third kappa shape index (κ3) is 1.19. The number of carbonyl (C=O) groups is 1. The van der Waals surface area contributed by atoms with Crippen molar-refractivity contribution < 1.29 is 4.79 Å².